The lowest BCUT2D eigenvalue weighted by Crippen LogP contribution is -2.13. The molecule has 3 rings (SSSR count). The summed E-state index contributed by atoms with van der Waals surface area (Å²) in [5.74, 6) is 1.46. The molecule has 0 amide bonds. The van der Waals surface area contributed by atoms with Crippen molar-refractivity contribution in [3.8, 4) is 17.2 Å². The van der Waals surface area contributed by atoms with Gasteiger partial charge in [-0.1, -0.05) is 24.3 Å². The Labute approximate surface area is 164 Å². The molecule has 1 atom stereocenters. The minimum Gasteiger partial charge on any atom is -0.497 e. The number of hydrogen-bond acceptors (Lipinski definition) is 5. The third-order valence-electron chi connectivity index (χ3n) is 4.78. The maximum absolute atomic E-state index is 12.6. The number of esters is 1. The average Bonchev–Trinajstić information content (AvgIpc) is 2.75. The van der Waals surface area contributed by atoms with Gasteiger partial charge >= 0.3 is 5.97 Å². The number of carbonyl (C=O) groups excluding carboxylic acids is 1. The zero-order chi connectivity index (χ0) is 20.1. The van der Waals surface area contributed by atoms with E-state index in [4.69, 9.17) is 18.9 Å². The molecule has 0 radical (unpaired) electrons. The highest BCUT2D eigenvalue weighted by Crippen LogP contribution is 2.28. The molecule has 146 valence electrons. The van der Waals surface area contributed by atoms with Crippen LogP contribution in [0.15, 0.2) is 54.6 Å². The number of ether oxygens (including phenoxy) is 4. The van der Waals surface area contributed by atoms with E-state index in [2.05, 4.69) is 0 Å². The van der Waals surface area contributed by atoms with E-state index in [1.54, 1.807) is 39.5 Å². The fraction of sp³-hybridized carbons (Fsp3) is 0.261. The van der Waals surface area contributed by atoms with Crippen LogP contribution in [0.1, 0.15) is 24.0 Å². The monoisotopic (exact) mass is 380 g/mol. The van der Waals surface area contributed by atoms with Crippen LogP contribution >= 0.6 is 0 Å². The summed E-state index contributed by atoms with van der Waals surface area (Å²) in [4.78, 5) is 12.6. The van der Waals surface area contributed by atoms with Crippen molar-refractivity contribution < 1.29 is 23.7 Å². The Morgan fingerprint density at radius 1 is 0.821 bits per heavy atom. The van der Waals surface area contributed by atoms with Gasteiger partial charge in [-0.3, -0.25) is 4.79 Å². The summed E-state index contributed by atoms with van der Waals surface area (Å²) in [6.07, 6.45) is 0. The van der Waals surface area contributed by atoms with E-state index in [0.29, 0.717) is 11.5 Å². The van der Waals surface area contributed by atoms with Gasteiger partial charge in [-0.25, -0.2) is 0 Å². The quantitative estimate of drug-likeness (QED) is 0.556. The first-order valence-corrected chi connectivity index (χ1v) is 9.01. The van der Waals surface area contributed by atoms with Crippen molar-refractivity contribution in [3.63, 3.8) is 0 Å². The Morgan fingerprint density at radius 3 is 2.18 bits per heavy atom. The normalized spacial score (nSPS) is 11.7. The van der Waals surface area contributed by atoms with Crippen molar-refractivity contribution in [2.75, 3.05) is 21.3 Å². The van der Waals surface area contributed by atoms with E-state index in [1.807, 2.05) is 43.3 Å². The second kappa shape index (κ2) is 8.65. The summed E-state index contributed by atoms with van der Waals surface area (Å²) >= 11 is 0. The first kappa shape index (κ1) is 19.5. The molecule has 0 saturated carbocycles. The first-order chi connectivity index (χ1) is 13.5. The predicted molar refractivity (Wildman–Crippen MR) is 108 cm³/mol. The highest BCUT2D eigenvalue weighted by Gasteiger charge is 2.18. The van der Waals surface area contributed by atoms with E-state index in [1.165, 1.54) is 0 Å². The van der Waals surface area contributed by atoms with Crippen LogP contribution in [0, 0.1) is 0 Å². The second-order valence-corrected chi connectivity index (χ2v) is 6.48. The van der Waals surface area contributed by atoms with Gasteiger partial charge in [0.05, 0.1) is 27.2 Å². The molecule has 5 heteroatoms. The van der Waals surface area contributed by atoms with E-state index in [-0.39, 0.29) is 18.5 Å². The van der Waals surface area contributed by atoms with Crippen molar-refractivity contribution in [2.45, 2.75) is 19.4 Å². The number of rotatable bonds is 7. The minimum atomic E-state index is -0.386. The average molecular weight is 380 g/mol. The van der Waals surface area contributed by atoms with Gasteiger partial charge in [0.25, 0.3) is 0 Å². The van der Waals surface area contributed by atoms with Gasteiger partial charge in [0.15, 0.2) is 0 Å². The molecule has 5 nitrogen and oxygen atoms in total. The molecule has 0 saturated heterocycles. The van der Waals surface area contributed by atoms with Gasteiger partial charge < -0.3 is 18.9 Å². The molecule has 0 aliphatic heterocycles. The molecule has 0 bridgehead atoms. The molecule has 28 heavy (non-hydrogen) atoms. The predicted octanol–water partition coefficient (Wildman–Crippen LogP) is 4.71. The zero-order valence-electron chi connectivity index (χ0n) is 16.5. The lowest BCUT2D eigenvalue weighted by atomic mass is 9.98. The summed E-state index contributed by atoms with van der Waals surface area (Å²) in [6, 6.07) is 17.2. The van der Waals surface area contributed by atoms with Crippen LogP contribution in [0.25, 0.3) is 10.8 Å². The molecule has 0 N–H and O–H groups in total. The number of carbonyl (C=O) groups is 1. The Kier molecular flexibility index (Phi) is 6.04. The van der Waals surface area contributed by atoms with Crippen LogP contribution in [0.5, 0.6) is 17.2 Å². The molecule has 3 aromatic rings. The van der Waals surface area contributed by atoms with Gasteiger partial charge in [-0.05, 0) is 53.6 Å². The molecule has 3 aromatic carbocycles. The Hall–Kier alpha value is -3.21. The Morgan fingerprint density at radius 2 is 1.46 bits per heavy atom. The maximum Gasteiger partial charge on any atom is 0.313 e. The minimum absolute atomic E-state index is 0.119. The third kappa shape index (κ3) is 4.19. The van der Waals surface area contributed by atoms with Gasteiger partial charge in [-0.2, -0.15) is 0 Å². The van der Waals surface area contributed by atoms with Crippen LogP contribution in [-0.4, -0.2) is 27.3 Å². The highest BCUT2D eigenvalue weighted by molar-refractivity contribution is 5.86. The van der Waals surface area contributed by atoms with E-state index < -0.39 is 0 Å². The van der Waals surface area contributed by atoms with Crippen LogP contribution in [-0.2, 0) is 16.1 Å². The van der Waals surface area contributed by atoms with Gasteiger partial charge in [0.1, 0.15) is 23.9 Å². The van der Waals surface area contributed by atoms with Crippen molar-refractivity contribution in [1.29, 1.82) is 0 Å². The zero-order valence-corrected chi connectivity index (χ0v) is 16.5. The van der Waals surface area contributed by atoms with Crippen molar-refractivity contribution >= 4 is 16.7 Å². The second-order valence-electron chi connectivity index (χ2n) is 6.48. The Balaban J connectivity index is 1.73. The summed E-state index contributed by atoms with van der Waals surface area (Å²) in [7, 11) is 4.82. The molecule has 0 spiro atoms. The highest BCUT2D eigenvalue weighted by atomic mass is 16.5. The van der Waals surface area contributed by atoms with Crippen LogP contribution in [0.3, 0.4) is 0 Å². The molecular formula is C23H24O5. The van der Waals surface area contributed by atoms with Crippen molar-refractivity contribution in [2.24, 2.45) is 0 Å². The number of methoxy groups -OCH3 is 3. The van der Waals surface area contributed by atoms with Gasteiger partial charge in [0.2, 0.25) is 0 Å². The lowest BCUT2D eigenvalue weighted by molar-refractivity contribution is -0.146. The SMILES string of the molecule is COc1ccc(OC)c(COC(=O)[C@@H](C)c2ccc3cc(OC)ccc3c2)c1. The van der Waals surface area contributed by atoms with Gasteiger partial charge in [0, 0.05) is 5.56 Å². The summed E-state index contributed by atoms with van der Waals surface area (Å²) in [5.41, 5.74) is 1.66. The fourth-order valence-corrected chi connectivity index (χ4v) is 3.04. The van der Waals surface area contributed by atoms with Crippen molar-refractivity contribution in [3.05, 3.63) is 65.7 Å². The Bertz CT molecular complexity index is 980. The lowest BCUT2D eigenvalue weighted by Gasteiger charge is -2.15. The number of hydrogen-bond donors (Lipinski definition) is 0. The first-order valence-electron chi connectivity index (χ1n) is 9.01. The van der Waals surface area contributed by atoms with Crippen LogP contribution in [0.2, 0.25) is 0 Å². The van der Waals surface area contributed by atoms with Gasteiger partial charge in [-0.15, -0.1) is 0 Å². The molecular weight excluding hydrogens is 356 g/mol. The number of fused-ring (bicyclic) bond motifs is 1. The molecule has 0 aliphatic rings. The summed E-state index contributed by atoms with van der Waals surface area (Å²) in [6.45, 7) is 1.96. The molecule has 0 aliphatic carbocycles. The molecule has 0 fully saturated rings. The van der Waals surface area contributed by atoms with E-state index in [9.17, 15) is 4.79 Å². The summed E-state index contributed by atoms with van der Waals surface area (Å²) < 4.78 is 21.4. The topological polar surface area (TPSA) is 54.0 Å². The third-order valence-corrected chi connectivity index (χ3v) is 4.78. The van der Waals surface area contributed by atoms with Crippen molar-refractivity contribution in [1.82, 2.24) is 0 Å². The van der Waals surface area contributed by atoms with E-state index >= 15 is 0 Å². The van der Waals surface area contributed by atoms with Crippen LogP contribution < -0.4 is 14.2 Å². The maximum atomic E-state index is 12.6. The molecule has 0 heterocycles. The van der Waals surface area contributed by atoms with Crippen LogP contribution in [0.4, 0.5) is 0 Å². The standard InChI is InChI=1S/C23H24O5/c1-15(16-5-6-18-12-20(25-2)8-7-17(18)11-16)23(24)28-14-19-13-21(26-3)9-10-22(19)27-4/h5-13,15H,14H2,1-4H3/t15-/m0/s1. The summed E-state index contributed by atoms with van der Waals surface area (Å²) in [5, 5.41) is 2.11. The molecule has 0 aromatic heterocycles. The number of benzene rings is 3. The molecule has 0 unspecified atom stereocenters. The largest absolute Gasteiger partial charge is 0.497 e. The van der Waals surface area contributed by atoms with E-state index in [0.717, 1.165) is 27.6 Å². The smallest absolute Gasteiger partial charge is 0.313 e. The fourth-order valence-electron chi connectivity index (χ4n) is 3.04.